The van der Waals surface area contributed by atoms with Gasteiger partial charge >= 0.3 is 5.97 Å². The van der Waals surface area contributed by atoms with Gasteiger partial charge in [0.1, 0.15) is 23.9 Å². The van der Waals surface area contributed by atoms with Gasteiger partial charge in [-0.1, -0.05) is 46.2 Å². The predicted molar refractivity (Wildman–Crippen MR) is 135 cm³/mol. The predicted octanol–water partition coefficient (Wildman–Crippen LogP) is 1.40. The molecule has 10 heteroatoms. The quantitative estimate of drug-likeness (QED) is 0.287. The molecule has 36 heavy (non-hydrogen) atoms. The SMILES string of the molecule is CCC(C)C(N)C(=O)NC(Cc1ccc(O)cc1)C(=O)N1CCCC1C(=O)NC(CC(C)C)C(=O)O. The average Bonchev–Trinajstić information content (AvgIpc) is 3.32. The van der Waals surface area contributed by atoms with Gasteiger partial charge in [0.2, 0.25) is 17.7 Å². The molecule has 1 saturated heterocycles. The third-order valence-corrected chi connectivity index (χ3v) is 6.71. The number of rotatable bonds is 12. The summed E-state index contributed by atoms with van der Waals surface area (Å²) in [5.41, 5.74) is 6.81. The van der Waals surface area contributed by atoms with Crippen molar-refractivity contribution < 1.29 is 29.4 Å². The fraction of sp³-hybridized carbons (Fsp3) is 0.615. The number of carboxylic acid groups (broad SMARTS) is 1. The maximum absolute atomic E-state index is 13.7. The molecule has 1 aromatic carbocycles. The Balaban J connectivity index is 2.24. The Kier molecular flexibility index (Phi) is 10.7. The van der Waals surface area contributed by atoms with Crippen LogP contribution in [0.2, 0.25) is 0 Å². The van der Waals surface area contributed by atoms with Crippen molar-refractivity contribution in [2.45, 2.75) is 84.0 Å². The Bertz CT molecular complexity index is 920. The van der Waals surface area contributed by atoms with E-state index in [9.17, 15) is 29.4 Å². The van der Waals surface area contributed by atoms with E-state index >= 15 is 0 Å². The van der Waals surface area contributed by atoms with Gasteiger partial charge in [0.25, 0.3) is 0 Å². The fourth-order valence-corrected chi connectivity index (χ4v) is 4.31. The van der Waals surface area contributed by atoms with Crippen molar-refractivity contribution in [3.8, 4) is 5.75 Å². The standard InChI is InChI=1S/C26H40N4O6/c1-5-16(4)22(27)24(33)28-19(14-17-8-10-18(31)11-9-17)25(34)30-12-6-7-21(30)23(32)29-20(26(35)36)13-15(2)3/h8-11,15-16,19-22,31H,5-7,12-14,27H2,1-4H3,(H,28,33)(H,29,32)(H,35,36). The lowest BCUT2D eigenvalue weighted by Crippen LogP contribution is -2.58. The molecule has 6 N–H and O–H groups in total. The number of nitrogens with two attached hydrogens (primary N) is 1. The van der Waals surface area contributed by atoms with Crippen LogP contribution in [0.25, 0.3) is 0 Å². The van der Waals surface area contributed by atoms with Gasteiger partial charge in [-0.3, -0.25) is 14.4 Å². The van der Waals surface area contributed by atoms with E-state index in [0.29, 0.717) is 31.4 Å². The number of amides is 3. The number of phenolic OH excluding ortho intramolecular Hbond substituents is 1. The first kappa shape index (κ1) is 29.1. The second-order valence-corrected chi connectivity index (χ2v) is 10.1. The summed E-state index contributed by atoms with van der Waals surface area (Å²) in [6.07, 6.45) is 2.10. The number of nitrogens with zero attached hydrogens (tertiary/aromatic N) is 1. The Morgan fingerprint density at radius 3 is 2.28 bits per heavy atom. The van der Waals surface area contributed by atoms with Crippen LogP contribution in [0.15, 0.2) is 24.3 Å². The molecule has 1 aliphatic rings. The van der Waals surface area contributed by atoms with Crippen molar-refractivity contribution in [1.82, 2.24) is 15.5 Å². The minimum Gasteiger partial charge on any atom is -0.508 e. The van der Waals surface area contributed by atoms with Gasteiger partial charge in [-0.05, 0) is 48.8 Å². The zero-order chi connectivity index (χ0) is 27.0. The van der Waals surface area contributed by atoms with Crippen LogP contribution in [0.4, 0.5) is 0 Å². The molecule has 1 heterocycles. The van der Waals surface area contributed by atoms with Crippen LogP contribution >= 0.6 is 0 Å². The lowest BCUT2D eigenvalue weighted by molar-refractivity contribution is -0.145. The summed E-state index contributed by atoms with van der Waals surface area (Å²) in [5, 5.41) is 24.5. The number of likely N-dealkylation sites (tertiary alicyclic amines) is 1. The minimum absolute atomic E-state index is 0.0623. The van der Waals surface area contributed by atoms with E-state index in [0.717, 1.165) is 0 Å². The van der Waals surface area contributed by atoms with E-state index in [1.54, 1.807) is 12.1 Å². The van der Waals surface area contributed by atoms with E-state index < -0.39 is 47.9 Å². The first-order chi connectivity index (χ1) is 16.9. The molecule has 1 fully saturated rings. The molecule has 5 atom stereocenters. The monoisotopic (exact) mass is 504 g/mol. The number of aromatic hydroxyl groups is 1. The molecule has 3 amide bonds. The Morgan fingerprint density at radius 2 is 1.72 bits per heavy atom. The van der Waals surface area contributed by atoms with Crippen LogP contribution < -0.4 is 16.4 Å². The van der Waals surface area contributed by atoms with E-state index in [-0.39, 0.29) is 30.4 Å². The van der Waals surface area contributed by atoms with Gasteiger partial charge in [-0.15, -0.1) is 0 Å². The molecule has 1 aliphatic heterocycles. The van der Waals surface area contributed by atoms with Crippen molar-refractivity contribution in [3.63, 3.8) is 0 Å². The van der Waals surface area contributed by atoms with Crippen LogP contribution in [0.1, 0.15) is 58.9 Å². The number of carbonyl (C=O) groups is 4. The molecule has 0 spiro atoms. The lowest BCUT2D eigenvalue weighted by Gasteiger charge is -2.30. The highest BCUT2D eigenvalue weighted by atomic mass is 16.4. The third-order valence-electron chi connectivity index (χ3n) is 6.71. The zero-order valence-corrected chi connectivity index (χ0v) is 21.6. The summed E-state index contributed by atoms with van der Waals surface area (Å²) in [6, 6.07) is 2.67. The number of hydrogen-bond donors (Lipinski definition) is 5. The van der Waals surface area contributed by atoms with E-state index in [1.807, 2.05) is 27.7 Å². The van der Waals surface area contributed by atoms with Crippen molar-refractivity contribution in [2.75, 3.05) is 6.54 Å². The molecular weight excluding hydrogens is 464 g/mol. The highest BCUT2D eigenvalue weighted by Gasteiger charge is 2.39. The Labute approximate surface area is 212 Å². The Hall–Kier alpha value is -3.14. The first-order valence-electron chi connectivity index (χ1n) is 12.6. The van der Waals surface area contributed by atoms with Crippen LogP contribution in [-0.4, -0.2) is 69.5 Å². The van der Waals surface area contributed by atoms with E-state index in [1.165, 1.54) is 17.0 Å². The summed E-state index contributed by atoms with van der Waals surface area (Å²) in [7, 11) is 0. The molecule has 0 saturated carbocycles. The Morgan fingerprint density at radius 1 is 1.08 bits per heavy atom. The molecule has 0 radical (unpaired) electrons. The molecule has 10 nitrogen and oxygen atoms in total. The number of carboxylic acids is 1. The third kappa shape index (κ3) is 7.94. The molecule has 2 rings (SSSR count). The van der Waals surface area contributed by atoms with Gasteiger partial charge in [0.15, 0.2) is 0 Å². The molecule has 1 aromatic rings. The average molecular weight is 505 g/mol. The second kappa shape index (κ2) is 13.2. The maximum atomic E-state index is 13.7. The summed E-state index contributed by atoms with van der Waals surface area (Å²) in [4.78, 5) is 52.6. The normalized spacial score (nSPS) is 18.8. The zero-order valence-electron chi connectivity index (χ0n) is 21.6. The number of hydrogen-bond acceptors (Lipinski definition) is 6. The van der Waals surface area contributed by atoms with E-state index in [2.05, 4.69) is 10.6 Å². The highest BCUT2D eigenvalue weighted by molar-refractivity contribution is 5.94. The van der Waals surface area contributed by atoms with Crippen LogP contribution in [0.3, 0.4) is 0 Å². The van der Waals surface area contributed by atoms with Gasteiger partial charge in [0, 0.05) is 13.0 Å². The van der Waals surface area contributed by atoms with Crippen LogP contribution in [-0.2, 0) is 25.6 Å². The molecule has 200 valence electrons. The van der Waals surface area contributed by atoms with Crippen LogP contribution in [0, 0.1) is 11.8 Å². The van der Waals surface area contributed by atoms with E-state index in [4.69, 9.17) is 5.73 Å². The minimum atomic E-state index is -1.12. The first-order valence-corrected chi connectivity index (χ1v) is 12.6. The second-order valence-electron chi connectivity index (χ2n) is 10.1. The lowest BCUT2D eigenvalue weighted by atomic mass is 9.98. The number of aliphatic carboxylic acids is 1. The topological polar surface area (TPSA) is 162 Å². The van der Waals surface area contributed by atoms with Crippen molar-refractivity contribution >= 4 is 23.7 Å². The maximum Gasteiger partial charge on any atom is 0.326 e. The summed E-state index contributed by atoms with van der Waals surface area (Å²) >= 11 is 0. The van der Waals surface area contributed by atoms with Gasteiger partial charge in [-0.25, -0.2) is 4.79 Å². The number of benzene rings is 1. The molecule has 5 unspecified atom stereocenters. The van der Waals surface area contributed by atoms with Gasteiger partial charge in [0.05, 0.1) is 6.04 Å². The fourth-order valence-electron chi connectivity index (χ4n) is 4.31. The molecule has 0 bridgehead atoms. The molecular formula is C26H40N4O6. The summed E-state index contributed by atoms with van der Waals surface area (Å²) in [6.45, 7) is 7.84. The van der Waals surface area contributed by atoms with Crippen molar-refractivity contribution in [3.05, 3.63) is 29.8 Å². The smallest absolute Gasteiger partial charge is 0.326 e. The number of carbonyl (C=O) groups excluding carboxylic acids is 3. The summed E-state index contributed by atoms with van der Waals surface area (Å²) < 4.78 is 0. The van der Waals surface area contributed by atoms with Crippen molar-refractivity contribution in [2.24, 2.45) is 17.6 Å². The summed E-state index contributed by atoms with van der Waals surface area (Å²) in [5.74, 6) is -2.47. The van der Waals surface area contributed by atoms with Gasteiger partial charge in [-0.2, -0.15) is 0 Å². The number of phenols is 1. The largest absolute Gasteiger partial charge is 0.508 e. The van der Waals surface area contributed by atoms with Gasteiger partial charge < -0.3 is 31.5 Å². The van der Waals surface area contributed by atoms with Crippen LogP contribution in [0.5, 0.6) is 5.75 Å². The molecule has 0 aromatic heterocycles. The molecule has 0 aliphatic carbocycles. The highest BCUT2D eigenvalue weighted by Crippen LogP contribution is 2.21. The number of nitrogens with one attached hydrogen (secondary N) is 2. The van der Waals surface area contributed by atoms with Crippen molar-refractivity contribution in [1.29, 1.82) is 0 Å².